The van der Waals surface area contributed by atoms with Crippen LogP contribution < -0.4 is 10.2 Å². The largest absolute Gasteiger partial charge is 0.353 e. The third-order valence-electron chi connectivity index (χ3n) is 5.59. The normalized spacial score (nSPS) is 23.9. The van der Waals surface area contributed by atoms with E-state index < -0.39 is 6.17 Å². The number of aromatic nitrogens is 3. The highest BCUT2D eigenvalue weighted by Crippen LogP contribution is 2.47. The minimum atomic E-state index is -0.837. The van der Waals surface area contributed by atoms with Crippen molar-refractivity contribution in [2.24, 2.45) is 5.92 Å². The molecule has 0 bridgehead atoms. The van der Waals surface area contributed by atoms with E-state index in [9.17, 15) is 9.18 Å². The van der Waals surface area contributed by atoms with E-state index in [0.29, 0.717) is 31.0 Å². The summed E-state index contributed by atoms with van der Waals surface area (Å²) in [6.07, 6.45) is 0.523. The Morgan fingerprint density at radius 2 is 2.07 bits per heavy atom. The van der Waals surface area contributed by atoms with Crippen LogP contribution in [0.1, 0.15) is 30.0 Å². The fraction of sp³-hybridized carbons (Fsp3) is 0.381. The Labute approximate surface area is 162 Å². The van der Waals surface area contributed by atoms with Gasteiger partial charge in [0, 0.05) is 24.6 Å². The van der Waals surface area contributed by atoms with Crippen LogP contribution >= 0.6 is 0 Å². The van der Waals surface area contributed by atoms with Crippen LogP contribution in [0, 0.1) is 12.8 Å². The van der Waals surface area contributed by atoms with E-state index in [-0.39, 0.29) is 17.7 Å². The first kappa shape index (κ1) is 17.2. The average molecular weight is 379 g/mol. The molecule has 3 unspecified atom stereocenters. The molecule has 5 rings (SSSR count). The van der Waals surface area contributed by atoms with Crippen molar-refractivity contribution in [2.45, 2.75) is 31.9 Å². The number of benzene rings is 1. The van der Waals surface area contributed by atoms with Crippen LogP contribution in [0.3, 0.4) is 0 Å². The third kappa shape index (κ3) is 3.10. The molecule has 28 heavy (non-hydrogen) atoms. The lowest BCUT2D eigenvalue weighted by molar-refractivity contribution is -0.117. The minimum Gasteiger partial charge on any atom is -0.353 e. The number of fused-ring (bicyclic) bond motifs is 1. The molecule has 3 aromatic rings. The highest BCUT2D eigenvalue weighted by Gasteiger charge is 2.44. The maximum Gasteiger partial charge on any atom is 0.229 e. The van der Waals surface area contributed by atoms with Gasteiger partial charge in [-0.2, -0.15) is 9.61 Å². The summed E-state index contributed by atoms with van der Waals surface area (Å²) in [6, 6.07) is 13.8. The Bertz CT molecular complexity index is 1030. The van der Waals surface area contributed by atoms with Gasteiger partial charge in [-0.1, -0.05) is 30.3 Å². The second-order valence-corrected chi connectivity index (χ2v) is 7.74. The summed E-state index contributed by atoms with van der Waals surface area (Å²) in [5, 5.41) is 7.45. The number of carbonyl (C=O) groups excluding carboxylic acids is 1. The molecular formula is C21H22FN5O. The molecule has 6 nitrogen and oxygen atoms in total. The topological polar surface area (TPSA) is 62.5 Å². The molecule has 1 aliphatic carbocycles. The average Bonchev–Trinajstić information content (AvgIpc) is 3.24. The van der Waals surface area contributed by atoms with Crippen molar-refractivity contribution in [1.29, 1.82) is 0 Å². The zero-order valence-electron chi connectivity index (χ0n) is 15.7. The number of halogens is 1. The van der Waals surface area contributed by atoms with Crippen molar-refractivity contribution < 1.29 is 9.18 Å². The van der Waals surface area contributed by atoms with Crippen molar-refractivity contribution in [2.75, 3.05) is 23.3 Å². The summed E-state index contributed by atoms with van der Waals surface area (Å²) in [5.41, 5.74) is 2.69. The van der Waals surface area contributed by atoms with Crippen LogP contribution in [0.4, 0.5) is 16.0 Å². The van der Waals surface area contributed by atoms with Gasteiger partial charge in [0.05, 0.1) is 12.2 Å². The molecule has 1 saturated heterocycles. The highest BCUT2D eigenvalue weighted by molar-refractivity contribution is 5.95. The number of amides is 1. The van der Waals surface area contributed by atoms with Gasteiger partial charge in [-0.3, -0.25) is 4.79 Å². The lowest BCUT2D eigenvalue weighted by Gasteiger charge is -2.19. The lowest BCUT2D eigenvalue weighted by atomic mass is 10.1. The van der Waals surface area contributed by atoms with Gasteiger partial charge < -0.3 is 10.2 Å². The Hall–Kier alpha value is -2.96. The second kappa shape index (κ2) is 6.58. The molecular weight excluding hydrogens is 357 g/mol. The fourth-order valence-corrected chi connectivity index (χ4v) is 4.06. The van der Waals surface area contributed by atoms with Crippen LogP contribution in [0.15, 0.2) is 42.5 Å². The van der Waals surface area contributed by atoms with Crippen molar-refractivity contribution in [1.82, 2.24) is 14.6 Å². The number of anilines is 2. The molecule has 0 radical (unpaired) electrons. The van der Waals surface area contributed by atoms with Gasteiger partial charge in [0.25, 0.3) is 0 Å². The maximum absolute atomic E-state index is 13.7. The molecule has 1 N–H and O–H groups in total. The number of nitrogens with one attached hydrogen (secondary N) is 1. The van der Waals surface area contributed by atoms with E-state index in [1.807, 2.05) is 36.1 Å². The Kier molecular flexibility index (Phi) is 4.03. The van der Waals surface area contributed by atoms with Crippen molar-refractivity contribution in [3.05, 3.63) is 53.7 Å². The Morgan fingerprint density at radius 1 is 1.25 bits per heavy atom. The maximum atomic E-state index is 13.7. The van der Waals surface area contributed by atoms with Gasteiger partial charge in [-0.25, -0.2) is 9.37 Å². The Morgan fingerprint density at radius 3 is 2.82 bits per heavy atom. The van der Waals surface area contributed by atoms with E-state index >= 15 is 0 Å². The van der Waals surface area contributed by atoms with Crippen molar-refractivity contribution in [3.63, 3.8) is 0 Å². The first-order valence-corrected chi connectivity index (χ1v) is 9.71. The fourth-order valence-electron chi connectivity index (χ4n) is 4.06. The predicted molar refractivity (Wildman–Crippen MR) is 105 cm³/mol. The van der Waals surface area contributed by atoms with Crippen LogP contribution in [-0.4, -0.2) is 39.8 Å². The Balaban J connectivity index is 1.39. The molecule has 144 valence electrons. The van der Waals surface area contributed by atoms with Gasteiger partial charge in [0.1, 0.15) is 17.8 Å². The molecule has 0 spiro atoms. The SMILES string of the molecule is Cc1cc2nc(NC(=O)C3CC3c3ccccc3)cc(N3CCC(F)C3)n2n1. The van der Waals surface area contributed by atoms with Crippen LogP contribution in [0.25, 0.3) is 5.65 Å². The second-order valence-electron chi connectivity index (χ2n) is 7.74. The number of aryl methyl sites for hydroxylation is 1. The smallest absolute Gasteiger partial charge is 0.229 e. The molecule has 3 heterocycles. The summed E-state index contributed by atoms with van der Waals surface area (Å²) in [7, 11) is 0. The third-order valence-corrected chi connectivity index (χ3v) is 5.59. The predicted octanol–water partition coefficient (Wildman–Crippen LogP) is 3.33. The number of alkyl halides is 1. The number of carbonyl (C=O) groups is 1. The number of hydrogen-bond donors (Lipinski definition) is 1. The summed E-state index contributed by atoms with van der Waals surface area (Å²) >= 11 is 0. The van der Waals surface area contributed by atoms with Gasteiger partial charge in [-0.05, 0) is 31.2 Å². The minimum absolute atomic E-state index is 0.0160. The molecule has 1 aliphatic heterocycles. The first-order valence-electron chi connectivity index (χ1n) is 9.71. The van der Waals surface area contributed by atoms with Gasteiger partial charge in [0.2, 0.25) is 5.91 Å². The standard InChI is InChI=1S/C21H22FN5O/c1-13-9-19-23-18(11-20(27(19)25-13)26-8-7-15(22)12-26)24-21(28)17-10-16(17)14-5-3-2-4-6-14/h2-6,9,11,15-17H,7-8,10,12H2,1H3,(H,23,24,28). The van der Waals surface area contributed by atoms with E-state index in [1.165, 1.54) is 5.56 Å². The van der Waals surface area contributed by atoms with Crippen LogP contribution in [-0.2, 0) is 4.79 Å². The molecule has 2 aromatic heterocycles. The van der Waals surface area contributed by atoms with Crippen LogP contribution in [0.2, 0.25) is 0 Å². The van der Waals surface area contributed by atoms with E-state index in [4.69, 9.17) is 0 Å². The van der Waals surface area contributed by atoms with E-state index in [0.717, 1.165) is 17.9 Å². The highest BCUT2D eigenvalue weighted by atomic mass is 19.1. The van der Waals surface area contributed by atoms with Crippen LogP contribution in [0.5, 0.6) is 0 Å². The number of nitrogens with zero attached hydrogens (tertiary/aromatic N) is 4. The van der Waals surface area contributed by atoms with Crippen molar-refractivity contribution in [3.8, 4) is 0 Å². The monoisotopic (exact) mass is 379 g/mol. The molecule has 1 aromatic carbocycles. The first-order chi connectivity index (χ1) is 13.6. The molecule has 3 atom stereocenters. The zero-order valence-corrected chi connectivity index (χ0v) is 15.7. The van der Waals surface area contributed by atoms with Crippen molar-refractivity contribution >= 4 is 23.2 Å². The molecule has 1 amide bonds. The van der Waals surface area contributed by atoms with E-state index in [2.05, 4.69) is 27.5 Å². The van der Waals surface area contributed by atoms with Gasteiger partial charge >= 0.3 is 0 Å². The summed E-state index contributed by atoms with van der Waals surface area (Å²) < 4.78 is 15.5. The molecule has 1 saturated carbocycles. The molecule has 2 aliphatic rings. The lowest BCUT2D eigenvalue weighted by Crippen LogP contribution is -2.24. The zero-order chi connectivity index (χ0) is 19.3. The summed E-state index contributed by atoms with van der Waals surface area (Å²) in [5.74, 6) is 1.49. The molecule has 2 fully saturated rings. The summed E-state index contributed by atoms with van der Waals surface area (Å²) in [4.78, 5) is 19.2. The van der Waals surface area contributed by atoms with Gasteiger partial charge in [0.15, 0.2) is 5.65 Å². The van der Waals surface area contributed by atoms with E-state index in [1.54, 1.807) is 10.6 Å². The summed E-state index contributed by atoms with van der Waals surface area (Å²) in [6.45, 7) is 2.86. The number of rotatable bonds is 4. The molecule has 7 heteroatoms. The quantitative estimate of drug-likeness (QED) is 0.755. The van der Waals surface area contributed by atoms with Gasteiger partial charge in [-0.15, -0.1) is 0 Å². The number of hydrogen-bond acceptors (Lipinski definition) is 4.